The van der Waals surface area contributed by atoms with E-state index in [1.165, 1.54) is 0 Å². The molecule has 140 valence electrons. The highest BCUT2D eigenvalue weighted by molar-refractivity contribution is 5.87. The number of pyridine rings is 1. The van der Waals surface area contributed by atoms with E-state index in [1.54, 1.807) is 12.1 Å². The Bertz CT molecular complexity index is 944. The summed E-state index contributed by atoms with van der Waals surface area (Å²) in [6, 6.07) is 9.33. The number of anilines is 1. The Balaban J connectivity index is 1.56. The Hall–Kier alpha value is -3.13. The molecule has 0 unspecified atom stereocenters. The van der Waals surface area contributed by atoms with Gasteiger partial charge in [-0.1, -0.05) is 13.0 Å². The molecule has 3 aromatic rings. The van der Waals surface area contributed by atoms with Crippen LogP contribution in [-0.2, 0) is 0 Å². The predicted molar refractivity (Wildman–Crippen MR) is 104 cm³/mol. The molecule has 8 heteroatoms. The molecule has 1 aromatic carbocycles. The van der Waals surface area contributed by atoms with Crippen LogP contribution < -0.4 is 15.4 Å². The molecule has 1 aliphatic heterocycles. The lowest BCUT2D eigenvalue weighted by Gasteiger charge is -2.34. The third-order valence-electron chi connectivity index (χ3n) is 4.85. The molecule has 0 atom stereocenters. The van der Waals surface area contributed by atoms with Crippen LogP contribution in [0.4, 0.5) is 10.6 Å². The van der Waals surface area contributed by atoms with Crippen molar-refractivity contribution in [3.05, 3.63) is 36.5 Å². The summed E-state index contributed by atoms with van der Waals surface area (Å²) in [6.07, 6.45) is 0.953. The second kappa shape index (κ2) is 7.24. The number of hydrogen-bond donors (Lipinski definition) is 2. The summed E-state index contributed by atoms with van der Waals surface area (Å²) >= 11 is 0. The normalized spacial score (nSPS) is 15.2. The minimum absolute atomic E-state index is 0.334. The maximum absolute atomic E-state index is 11.1. The van der Waals surface area contributed by atoms with Gasteiger partial charge in [0.1, 0.15) is 17.2 Å². The van der Waals surface area contributed by atoms with Gasteiger partial charge in [0.15, 0.2) is 5.75 Å². The number of hydrogen-bond acceptors (Lipinski definition) is 6. The Kier molecular flexibility index (Phi) is 4.64. The van der Waals surface area contributed by atoms with Crippen molar-refractivity contribution in [2.75, 3.05) is 37.6 Å². The fraction of sp³-hybridized carbons (Fsp3) is 0.316. The van der Waals surface area contributed by atoms with Crippen molar-refractivity contribution in [2.45, 2.75) is 6.92 Å². The SMILES string of the molecule is CCN1CCN(c2ccc(-c3nc4c(OC(N)=O)cccc4[nH]3)cn2)CC1. The minimum atomic E-state index is -0.860. The van der Waals surface area contributed by atoms with Crippen LogP contribution in [0, 0.1) is 0 Å². The van der Waals surface area contributed by atoms with E-state index in [0.29, 0.717) is 17.1 Å². The Morgan fingerprint density at radius 3 is 2.70 bits per heavy atom. The van der Waals surface area contributed by atoms with Gasteiger partial charge < -0.3 is 25.3 Å². The molecular weight excluding hydrogens is 344 g/mol. The highest BCUT2D eigenvalue weighted by Crippen LogP contribution is 2.27. The van der Waals surface area contributed by atoms with Gasteiger partial charge in [0.05, 0.1) is 5.52 Å². The molecule has 0 bridgehead atoms. The zero-order valence-electron chi connectivity index (χ0n) is 15.2. The molecule has 0 spiro atoms. The summed E-state index contributed by atoms with van der Waals surface area (Å²) in [5, 5.41) is 0. The van der Waals surface area contributed by atoms with Gasteiger partial charge in [-0.3, -0.25) is 0 Å². The van der Waals surface area contributed by atoms with Crippen LogP contribution >= 0.6 is 0 Å². The van der Waals surface area contributed by atoms with Crippen molar-refractivity contribution in [2.24, 2.45) is 5.73 Å². The maximum atomic E-state index is 11.1. The molecule has 0 saturated carbocycles. The number of primary amides is 1. The third kappa shape index (κ3) is 3.56. The van der Waals surface area contributed by atoms with Gasteiger partial charge in [-0.2, -0.15) is 0 Å². The Morgan fingerprint density at radius 1 is 1.22 bits per heavy atom. The van der Waals surface area contributed by atoms with E-state index in [-0.39, 0.29) is 0 Å². The number of ether oxygens (including phenoxy) is 1. The van der Waals surface area contributed by atoms with Crippen molar-refractivity contribution < 1.29 is 9.53 Å². The van der Waals surface area contributed by atoms with Gasteiger partial charge in [-0.15, -0.1) is 0 Å². The number of benzene rings is 1. The standard InChI is InChI=1S/C19H22N6O2/c1-2-24-8-10-25(11-9-24)16-7-6-13(12-21-16)18-22-14-4-3-5-15(17(14)23-18)27-19(20)26/h3-7,12H,2,8-11H2,1H3,(H2,20,26)(H,22,23). The smallest absolute Gasteiger partial charge is 0.408 e. The number of fused-ring (bicyclic) bond motifs is 1. The third-order valence-corrected chi connectivity index (χ3v) is 4.85. The monoisotopic (exact) mass is 366 g/mol. The molecule has 8 nitrogen and oxygen atoms in total. The largest absolute Gasteiger partial charge is 0.410 e. The molecule has 1 amide bonds. The number of nitrogens with zero attached hydrogens (tertiary/aromatic N) is 4. The number of nitrogens with two attached hydrogens (primary N) is 1. The summed E-state index contributed by atoms with van der Waals surface area (Å²) in [5.74, 6) is 1.98. The number of aromatic amines is 1. The first-order valence-corrected chi connectivity index (χ1v) is 9.04. The zero-order valence-corrected chi connectivity index (χ0v) is 15.2. The fourth-order valence-electron chi connectivity index (χ4n) is 3.34. The van der Waals surface area contributed by atoms with Crippen molar-refractivity contribution in [3.63, 3.8) is 0 Å². The maximum Gasteiger partial charge on any atom is 0.410 e. The second-order valence-corrected chi connectivity index (χ2v) is 6.49. The van der Waals surface area contributed by atoms with Gasteiger partial charge in [0, 0.05) is 37.9 Å². The molecule has 3 heterocycles. The molecule has 1 aliphatic rings. The number of rotatable bonds is 4. The van der Waals surface area contributed by atoms with Crippen LogP contribution in [0.15, 0.2) is 36.5 Å². The quantitative estimate of drug-likeness (QED) is 0.734. The summed E-state index contributed by atoms with van der Waals surface area (Å²) in [7, 11) is 0. The van der Waals surface area contributed by atoms with Crippen LogP contribution in [0.5, 0.6) is 5.75 Å². The van der Waals surface area contributed by atoms with Crippen molar-refractivity contribution in [1.29, 1.82) is 0 Å². The van der Waals surface area contributed by atoms with Crippen LogP contribution in [0.1, 0.15) is 6.92 Å². The lowest BCUT2D eigenvalue weighted by atomic mass is 10.2. The number of para-hydroxylation sites is 1. The number of piperazine rings is 1. The van der Waals surface area contributed by atoms with E-state index < -0.39 is 6.09 Å². The minimum Gasteiger partial charge on any atom is -0.408 e. The first-order valence-electron chi connectivity index (χ1n) is 9.04. The number of H-pyrrole nitrogens is 1. The fourth-order valence-corrected chi connectivity index (χ4v) is 3.34. The first-order chi connectivity index (χ1) is 13.1. The van der Waals surface area contributed by atoms with Crippen LogP contribution in [0.25, 0.3) is 22.4 Å². The molecular formula is C19H22N6O2. The van der Waals surface area contributed by atoms with Gasteiger partial charge >= 0.3 is 6.09 Å². The lowest BCUT2D eigenvalue weighted by molar-refractivity contribution is 0.211. The molecule has 3 N–H and O–H groups in total. The number of aromatic nitrogens is 3. The second-order valence-electron chi connectivity index (χ2n) is 6.49. The summed E-state index contributed by atoms with van der Waals surface area (Å²) in [4.78, 5) is 28.2. The highest BCUT2D eigenvalue weighted by Gasteiger charge is 2.17. The molecule has 2 aromatic heterocycles. The highest BCUT2D eigenvalue weighted by atomic mass is 16.5. The van der Waals surface area contributed by atoms with Crippen LogP contribution in [-0.4, -0.2) is 58.7 Å². The van der Waals surface area contributed by atoms with Crippen molar-refractivity contribution >= 4 is 22.9 Å². The zero-order chi connectivity index (χ0) is 18.8. The Labute approximate surface area is 157 Å². The number of carbonyl (C=O) groups is 1. The topological polar surface area (TPSA) is 100 Å². The summed E-state index contributed by atoms with van der Waals surface area (Å²) in [6.45, 7) is 7.37. The molecule has 1 fully saturated rings. The average molecular weight is 366 g/mol. The van der Waals surface area contributed by atoms with E-state index in [0.717, 1.165) is 49.6 Å². The number of likely N-dealkylation sites (N-methyl/N-ethyl adjacent to an activating group) is 1. The Morgan fingerprint density at radius 2 is 2.04 bits per heavy atom. The lowest BCUT2D eigenvalue weighted by Crippen LogP contribution is -2.46. The molecule has 27 heavy (non-hydrogen) atoms. The van der Waals surface area contributed by atoms with E-state index in [4.69, 9.17) is 10.5 Å². The van der Waals surface area contributed by atoms with E-state index >= 15 is 0 Å². The summed E-state index contributed by atoms with van der Waals surface area (Å²) in [5.41, 5.74) is 7.32. The van der Waals surface area contributed by atoms with E-state index in [9.17, 15) is 4.79 Å². The van der Waals surface area contributed by atoms with Gasteiger partial charge in [-0.25, -0.2) is 14.8 Å². The molecule has 1 saturated heterocycles. The number of imidazole rings is 1. The number of amides is 1. The van der Waals surface area contributed by atoms with Gasteiger partial charge in [0.25, 0.3) is 0 Å². The van der Waals surface area contributed by atoms with E-state index in [2.05, 4.69) is 31.7 Å². The van der Waals surface area contributed by atoms with Crippen molar-refractivity contribution in [1.82, 2.24) is 19.9 Å². The van der Waals surface area contributed by atoms with Gasteiger partial charge in [-0.05, 0) is 30.8 Å². The van der Waals surface area contributed by atoms with Crippen LogP contribution in [0.3, 0.4) is 0 Å². The van der Waals surface area contributed by atoms with Crippen LogP contribution in [0.2, 0.25) is 0 Å². The van der Waals surface area contributed by atoms with Gasteiger partial charge in [0.2, 0.25) is 0 Å². The average Bonchev–Trinajstić information content (AvgIpc) is 3.13. The number of nitrogens with one attached hydrogen (secondary N) is 1. The number of carbonyl (C=O) groups excluding carboxylic acids is 1. The summed E-state index contributed by atoms with van der Waals surface area (Å²) < 4.78 is 5.02. The first kappa shape index (κ1) is 17.3. The van der Waals surface area contributed by atoms with E-state index in [1.807, 2.05) is 24.4 Å². The molecule has 0 radical (unpaired) electrons. The predicted octanol–water partition coefficient (Wildman–Crippen LogP) is 2.22. The van der Waals surface area contributed by atoms with Crippen molar-refractivity contribution in [3.8, 4) is 17.1 Å². The molecule has 0 aliphatic carbocycles. The molecule has 4 rings (SSSR count).